The number of rotatable bonds is 6. The van der Waals surface area contributed by atoms with Gasteiger partial charge in [-0.25, -0.2) is 9.97 Å². The Balaban J connectivity index is 1.52. The lowest BCUT2D eigenvalue weighted by atomic mass is 10.1. The van der Waals surface area contributed by atoms with Crippen LogP contribution in [0.15, 0.2) is 24.8 Å². The minimum atomic E-state index is 0.284. The molecule has 1 aliphatic rings. The predicted molar refractivity (Wildman–Crippen MR) is 93.0 cm³/mol. The van der Waals surface area contributed by atoms with Crippen molar-refractivity contribution < 1.29 is 4.74 Å². The Morgan fingerprint density at radius 2 is 1.88 bits per heavy atom. The molecule has 0 unspecified atom stereocenters. The molecule has 0 saturated carbocycles. The molecule has 7 heteroatoms. The zero-order valence-corrected chi connectivity index (χ0v) is 14.6. The van der Waals surface area contributed by atoms with E-state index < -0.39 is 0 Å². The lowest BCUT2D eigenvalue weighted by Gasteiger charge is -2.26. The van der Waals surface area contributed by atoms with Gasteiger partial charge in [0, 0.05) is 49.8 Å². The number of hydrogen-bond donors (Lipinski definition) is 1. The van der Waals surface area contributed by atoms with Gasteiger partial charge in [0.2, 0.25) is 5.95 Å². The summed E-state index contributed by atoms with van der Waals surface area (Å²) in [4.78, 5) is 11.1. The second-order valence-electron chi connectivity index (χ2n) is 6.40. The predicted octanol–water partition coefficient (Wildman–Crippen LogP) is 1.56. The first-order valence-corrected chi connectivity index (χ1v) is 8.51. The summed E-state index contributed by atoms with van der Waals surface area (Å²) in [5, 5.41) is 7.92. The van der Waals surface area contributed by atoms with E-state index in [0.29, 0.717) is 6.04 Å². The number of nitrogens with zero attached hydrogens (tertiary/aromatic N) is 5. The number of nitrogens with one attached hydrogen (secondary N) is 1. The first kappa shape index (κ1) is 16.9. The maximum absolute atomic E-state index is 5.36. The van der Waals surface area contributed by atoms with Crippen molar-refractivity contribution in [3.05, 3.63) is 35.9 Å². The van der Waals surface area contributed by atoms with Crippen LogP contribution in [-0.2, 0) is 11.3 Å². The average molecular weight is 330 g/mol. The Labute approximate surface area is 143 Å². The third-order valence-corrected chi connectivity index (χ3v) is 4.49. The van der Waals surface area contributed by atoms with E-state index in [1.807, 2.05) is 23.3 Å². The topological polar surface area (TPSA) is 68.1 Å². The van der Waals surface area contributed by atoms with Crippen molar-refractivity contribution in [2.45, 2.75) is 39.4 Å². The molecule has 3 rings (SSSR count). The summed E-state index contributed by atoms with van der Waals surface area (Å²) in [6.45, 7) is 10.3. The number of ether oxygens (including phenoxy) is 1. The first-order valence-electron chi connectivity index (χ1n) is 8.51. The lowest BCUT2D eigenvalue weighted by Crippen LogP contribution is -2.37. The summed E-state index contributed by atoms with van der Waals surface area (Å²) in [5.41, 5.74) is 2.27. The minimum absolute atomic E-state index is 0.284. The second kappa shape index (κ2) is 7.72. The molecule has 0 spiro atoms. The van der Waals surface area contributed by atoms with Gasteiger partial charge in [0.25, 0.3) is 0 Å². The Kier molecular flexibility index (Phi) is 5.42. The van der Waals surface area contributed by atoms with E-state index in [1.165, 1.54) is 5.56 Å². The molecule has 2 aromatic heterocycles. The third kappa shape index (κ3) is 4.10. The Hall–Kier alpha value is -1.99. The molecular formula is C17H26N6O. The van der Waals surface area contributed by atoms with Crippen molar-refractivity contribution in [2.75, 3.05) is 31.2 Å². The van der Waals surface area contributed by atoms with Crippen molar-refractivity contribution in [1.82, 2.24) is 25.1 Å². The van der Waals surface area contributed by atoms with Gasteiger partial charge >= 0.3 is 0 Å². The van der Waals surface area contributed by atoms with Gasteiger partial charge in [0.1, 0.15) is 0 Å². The van der Waals surface area contributed by atoms with Crippen LogP contribution >= 0.6 is 0 Å². The molecule has 1 fully saturated rings. The molecule has 0 amide bonds. The number of morpholine rings is 1. The van der Waals surface area contributed by atoms with E-state index in [2.05, 4.69) is 52.3 Å². The van der Waals surface area contributed by atoms with Crippen molar-refractivity contribution >= 4 is 5.95 Å². The molecule has 2 atom stereocenters. The summed E-state index contributed by atoms with van der Waals surface area (Å²) < 4.78 is 7.36. The summed E-state index contributed by atoms with van der Waals surface area (Å²) in [6.07, 6.45) is 7.77. The summed E-state index contributed by atoms with van der Waals surface area (Å²) in [7, 11) is 0. The van der Waals surface area contributed by atoms with Gasteiger partial charge in [-0.05, 0) is 26.3 Å². The summed E-state index contributed by atoms with van der Waals surface area (Å²) in [5.74, 6) is 0.787. The van der Waals surface area contributed by atoms with Crippen LogP contribution in [0, 0.1) is 6.92 Å². The van der Waals surface area contributed by atoms with Crippen molar-refractivity contribution in [3.63, 3.8) is 0 Å². The largest absolute Gasteiger partial charge is 0.378 e. The van der Waals surface area contributed by atoms with Gasteiger partial charge in [0.15, 0.2) is 0 Å². The molecule has 24 heavy (non-hydrogen) atoms. The standard InChI is InChI=1S/C17H26N6O/c1-13-8-21-23(12-13)15(3)14(2)18-9-16-10-19-17(20-11-16)22-4-6-24-7-5-22/h8,10-12,14-15,18H,4-7,9H2,1-3H3/t14-,15-/m0/s1. The van der Waals surface area contributed by atoms with Crippen LogP contribution < -0.4 is 10.2 Å². The van der Waals surface area contributed by atoms with E-state index >= 15 is 0 Å². The maximum Gasteiger partial charge on any atom is 0.225 e. The van der Waals surface area contributed by atoms with E-state index in [4.69, 9.17) is 4.74 Å². The highest BCUT2D eigenvalue weighted by molar-refractivity contribution is 5.30. The summed E-state index contributed by atoms with van der Waals surface area (Å²) >= 11 is 0. The van der Waals surface area contributed by atoms with Crippen molar-refractivity contribution in [2.24, 2.45) is 0 Å². The van der Waals surface area contributed by atoms with Crippen LogP contribution in [0.4, 0.5) is 5.95 Å². The van der Waals surface area contributed by atoms with Crippen LogP contribution in [0.25, 0.3) is 0 Å². The molecule has 7 nitrogen and oxygen atoms in total. The Bertz CT molecular complexity index is 635. The fourth-order valence-electron chi connectivity index (χ4n) is 2.70. The van der Waals surface area contributed by atoms with Crippen LogP contribution in [0.5, 0.6) is 0 Å². The lowest BCUT2D eigenvalue weighted by molar-refractivity contribution is 0.122. The van der Waals surface area contributed by atoms with E-state index in [0.717, 1.165) is 44.4 Å². The second-order valence-corrected chi connectivity index (χ2v) is 6.40. The van der Waals surface area contributed by atoms with Crippen molar-refractivity contribution in [3.8, 4) is 0 Å². The molecule has 1 aliphatic heterocycles. The molecule has 3 heterocycles. The zero-order chi connectivity index (χ0) is 16.9. The van der Waals surface area contributed by atoms with E-state index in [-0.39, 0.29) is 6.04 Å². The number of aryl methyl sites for hydroxylation is 1. The quantitative estimate of drug-likeness (QED) is 0.867. The van der Waals surface area contributed by atoms with E-state index in [1.54, 1.807) is 0 Å². The van der Waals surface area contributed by atoms with Gasteiger partial charge in [-0.15, -0.1) is 0 Å². The molecule has 0 bridgehead atoms. The smallest absolute Gasteiger partial charge is 0.225 e. The van der Waals surface area contributed by atoms with Gasteiger partial charge in [-0.2, -0.15) is 5.10 Å². The Morgan fingerprint density at radius 3 is 2.50 bits per heavy atom. The summed E-state index contributed by atoms with van der Waals surface area (Å²) in [6, 6.07) is 0.579. The third-order valence-electron chi connectivity index (χ3n) is 4.49. The normalized spacial score (nSPS) is 17.7. The maximum atomic E-state index is 5.36. The first-order chi connectivity index (χ1) is 11.6. The molecular weight excluding hydrogens is 304 g/mol. The van der Waals surface area contributed by atoms with Gasteiger partial charge < -0.3 is 15.0 Å². The highest BCUT2D eigenvalue weighted by atomic mass is 16.5. The van der Waals surface area contributed by atoms with Crippen LogP contribution in [0.2, 0.25) is 0 Å². The highest BCUT2D eigenvalue weighted by Crippen LogP contribution is 2.12. The monoisotopic (exact) mass is 330 g/mol. The fourth-order valence-corrected chi connectivity index (χ4v) is 2.70. The van der Waals surface area contributed by atoms with Crippen LogP contribution in [-0.4, -0.2) is 52.1 Å². The highest BCUT2D eigenvalue weighted by Gasteiger charge is 2.15. The van der Waals surface area contributed by atoms with Crippen molar-refractivity contribution in [1.29, 1.82) is 0 Å². The van der Waals surface area contributed by atoms with Crippen LogP contribution in [0.1, 0.15) is 31.0 Å². The molecule has 1 N–H and O–H groups in total. The van der Waals surface area contributed by atoms with E-state index in [9.17, 15) is 0 Å². The minimum Gasteiger partial charge on any atom is -0.378 e. The molecule has 2 aromatic rings. The fraction of sp³-hybridized carbons (Fsp3) is 0.588. The van der Waals surface area contributed by atoms with Gasteiger partial charge in [-0.1, -0.05) is 0 Å². The Morgan fingerprint density at radius 1 is 1.17 bits per heavy atom. The molecule has 0 radical (unpaired) electrons. The molecule has 1 saturated heterocycles. The number of anilines is 1. The number of hydrogen-bond acceptors (Lipinski definition) is 6. The zero-order valence-electron chi connectivity index (χ0n) is 14.6. The van der Waals surface area contributed by atoms with Gasteiger partial charge in [0.05, 0.1) is 25.5 Å². The average Bonchev–Trinajstić information content (AvgIpc) is 3.06. The molecule has 0 aliphatic carbocycles. The van der Waals surface area contributed by atoms with Crippen LogP contribution in [0.3, 0.4) is 0 Å². The molecule has 130 valence electrons. The SMILES string of the molecule is Cc1cnn([C@@H](C)[C@H](C)NCc2cnc(N3CCOCC3)nc2)c1. The molecule has 0 aromatic carbocycles. The van der Waals surface area contributed by atoms with Gasteiger partial charge in [-0.3, -0.25) is 4.68 Å². The number of aromatic nitrogens is 4.